The Morgan fingerprint density at radius 2 is 2.37 bits per heavy atom. The highest BCUT2D eigenvalue weighted by Gasteiger charge is 2.13. The zero-order valence-corrected chi connectivity index (χ0v) is 11.0. The highest BCUT2D eigenvalue weighted by atomic mass is 16.5. The number of aromatic amines is 1. The molecular formula is C14H17N3O2. The lowest BCUT2D eigenvalue weighted by Gasteiger charge is -2.12. The highest BCUT2D eigenvalue weighted by Crippen LogP contribution is 2.10. The van der Waals surface area contributed by atoms with Crippen molar-refractivity contribution >= 4 is 5.91 Å². The molecule has 0 aliphatic heterocycles. The summed E-state index contributed by atoms with van der Waals surface area (Å²) in [4.78, 5) is 19.2. The van der Waals surface area contributed by atoms with E-state index in [9.17, 15) is 4.79 Å². The van der Waals surface area contributed by atoms with Gasteiger partial charge in [-0.25, -0.2) is 4.98 Å². The quantitative estimate of drug-likeness (QED) is 0.863. The number of carbonyl (C=O) groups is 1. The average Bonchev–Trinajstić information content (AvgIpc) is 2.93. The van der Waals surface area contributed by atoms with Gasteiger partial charge in [-0.05, 0) is 24.6 Å². The van der Waals surface area contributed by atoms with Gasteiger partial charge in [0.05, 0.1) is 12.6 Å². The molecular weight excluding hydrogens is 242 g/mol. The van der Waals surface area contributed by atoms with Crippen molar-refractivity contribution in [1.29, 1.82) is 0 Å². The molecule has 1 atom stereocenters. The molecule has 5 nitrogen and oxygen atoms in total. The molecule has 0 spiro atoms. The number of nitrogens with zero attached hydrogens (tertiary/aromatic N) is 1. The van der Waals surface area contributed by atoms with Crippen LogP contribution in [0, 0.1) is 0 Å². The van der Waals surface area contributed by atoms with Gasteiger partial charge < -0.3 is 15.0 Å². The second-order valence-corrected chi connectivity index (χ2v) is 4.30. The Morgan fingerprint density at radius 3 is 3.05 bits per heavy atom. The minimum Gasteiger partial charge on any atom is -0.380 e. The van der Waals surface area contributed by atoms with E-state index in [1.807, 2.05) is 25.1 Å². The number of H-pyrrole nitrogens is 1. The molecule has 19 heavy (non-hydrogen) atoms. The van der Waals surface area contributed by atoms with Gasteiger partial charge >= 0.3 is 0 Å². The number of carbonyl (C=O) groups excluding carboxylic acids is 1. The summed E-state index contributed by atoms with van der Waals surface area (Å²) in [6.45, 7) is 2.38. The molecule has 0 saturated carbocycles. The van der Waals surface area contributed by atoms with Crippen molar-refractivity contribution in [3.63, 3.8) is 0 Å². The normalized spacial score (nSPS) is 12.1. The lowest BCUT2D eigenvalue weighted by molar-refractivity contribution is 0.0938. The van der Waals surface area contributed by atoms with Gasteiger partial charge in [-0.15, -0.1) is 0 Å². The van der Waals surface area contributed by atoms with Crippen LogP contribution in [0.25, 0.3) is 0 Å². The maximum atomic E-state index is 12.1. The monoisotopic (exact) mass is 259 g/mol. The van der Waals surface area contributed by atoms with Crippen LogP contribution in [0.5, 0.6) is 0 Å². The van der Waals surface area contributed by atoms with Gasteiger partial charge in [-0.3, -0.25) is 4.79 Å². The minimum absolute atomic E-state index is 0.123. The van der Waals surface area contributed by atoms with E-state index in [4.69, 9.17) is 4.74 Å². The van der Waals surface area contributed by atoms with Crippen molar-refractivity contribution < 1.29 is 9.53 Å². The second kappa shape index (κ2) is 6.15. The first-order chi connectivity index (χ1) is 9.20. The van der Waals surface area contributed by atoms with E-state index in [-0.39, 0.29) is 11.9 Å². The number of rotatable bonds is 5. The van der Waals surface area contributed by atoms with Crippen LogP contribution >= 0.6 is 0 Å². The van der Waals surface area contributed by atoms with Crippen LogP contribution in [-0.4, -0.2) is 23.0 Å². The molecule has 1 aromatic carbocycles. The van der Waals surface area contributed by atoms with Crippen LogP contribution in [0.1, 0.15) is 34.7 Å². The molecule has 1 amide bonds. The van der Waals surface area contributed by atoms with Gasteiger partial charge in [-0.1, -0.05) is 12.1 Å². The Kier molecular flexibility index (Phi) is 4.30. The van der Waals surface area contributed by atoms with E-state index in [0.717, 1.165) is 11.4 Å². The molecule has 1 aromatic heterocycles. The van der Waals surface area contributed by atoms with Gasteiger partial charge in [0.15, 0.2) is 0 Å². The van der Waals surface area contributed by atoms with Crippen molar-refractivity contribution in [3.8, 4) is 0 Å². The summed E-state index contributed by atoms with van der Waals surface area (Å²) in [5, 5.41) is 2.89. The van der Waals surface area contributed by atoms with Gasteiger partial charge in [0.1, 0.15) is 5.82 Å². The number of hydrogen-bond donors (Lipinski definition) is 2. The summed E-state index contributed by atoms with van der Waals surface area (Å²) in [5.41, 5.74) is 1.59. The predicted octanol–water partition coefficient (Wildman–Crippen LogP) is 2.05. The molecule has 100 valence electrons. The lowest BCUT2D eigenvalue weighted by atomic mass is 10.1. The summed E-state index contributed by atoms with van der Waals surface area (Å²) in [6, 6.07) is 7.22. The summed E-state index contributed by atoms with van der Waals surface area (Å²) < 4.78 is 5.06. The molecule has 2 aromatic rings. The van der Waals surface area contributed by atoms with Crippen LogP contribution in [0.15, 0.2) is 36.7 Å². The Bertz CT molecular complexity index is 537. The Morgan fingerprint density at radius 1 is 1.53 bits per heavy atom. The van der Waals surface area contributed by atoms with E-state index >= 15 is 0 Å². The Hall–Kier alpha value is -2.14. The molecule has 0 saturated heterocycles. The molecule has 2 N–H and O–H groups in total. The van der Waals surface area contributed by atoms with Crippen molar-refractivity contribution in [2.75, 3.05) is 7.11 Å². The molecule has 0 aliphatic carbocycles. The third kappa shape index (κ3) is 3.42. The first kappa shape index (κ1) is 13.3. The standard InChI is InChI=1S/C14H17N3O2/c1-10(13-15-6-7-16-13)17-14(18)12-5-3-4-11(8-12)9-19-2/h3-8,10H,9H2,1-2H3,(H,15,16)(H,17,18). The smallest absolute Gasteiger partial charge is 0.251 e. The van der Waals surface area contributed by atoms with Crippen molar-refractivity contribution in [2.45, 2.75) is 19.6 Å². The Labute approximate surface area is 112 Å². The highest BCUT2D eigenvalue weighted by molar-refractivity contribution is 5.94. The van der Waals surface area contributed by atoms with Crippen LogP contribution in [0.3, 0.4) is 0 Å². The van der Waals surface area contributed by atoms with Crippen molar-refractivity contribution in [3.05, 3.63) is 53.6 Å². The number of imidazole rings is 1. The SMILES string of the molecule is COCc1cccc(C(=O)NC(C)c2ncc[nH]2)c1. The van der Waals surface area contributed by atoms with Gasteiger partial charge in [-0.2, -0.15) is 0 Å². The largest absolute Gasteiger partial charge is 0.380 e. The average molecular weight is 259 g/mol. The molecule has 1 heterocycles. The number of ether oxygens (including phenoxy) is 1. The Balaban J connectivity index is 2.05. The second-order valence-electron chi connectivity index (χ2n) is 4.30. The zero-order valence-electron chi connectivity index (χ0n) is 11.0. The molecule has 0 bridgehead atoms. The minimum atomic E-state index is -0.159. The maximum absolute atomic E-state index is 12.1. The third-order valence-corrected chi connectivity index (χ3v) is 2.78. The lowest BCUT2D eigenvalue weighted by Crippen LogP contribution is -2.27. The summed E-state index contributed by atoms with van der Waals surface area (Å²) >= 11 is 0. The predicted molar refractivity (Wildman–Crippen MR) is 71.6 cm³/mol. The summed E-state index contributed by atoms with van der Waals surface area (Å²) in [6.07, 6.45) is 3.40. The zero-order chi connectivity index (χ0) is 13.7. The summed E-state index contributed by atoms with van der Waals surface area (Å²) in [5.74, 6) is 0.614. The number of nitrogens with one attached hydrogen (secondary N) is 2. The third-order valence-electron chi connectivity index (χ3n) is 2.78. The fraction of sp³-hybridized carbons (Fsp3) is 0.286. The van der Waals surface area contributed by atoms with E-state index in [1.54, 1.807) is 25.6 Å². The van der Waals surface area contributed by atoms with E-state index in [1.165, 1.54) is 0 Å². The molecule has 0 fully saturated rings. The molecule has 0 aliphatic rings. The van der Waals surface area contributed by atoms with Gasteiger partial charge in [0.25, 0.3) is 5.91 Å². The number of methoxy groups -OCH3 is 1. The first-order valence-electron chi connectivity index (χ1n) is 6.08. The molecule has 0 radical (unpaired) electrons. The van der Waals surface area contributed by atoms with E-state index in [2.05, 4.69) is 15.3 Å². The molecule has 2 rings (SSSR count). The first-order valence-corrected chi connectivity index (χ1v) is 6.08. The summed E-state index contributed by atoms with van der Waals surface area (Å²) in [7, 11) is 1.63. The van der Waals surface area contributed by atoms with Crippen LogP contribution in [0.4, 0.5) is 0 Å². The molecule has 5 heteroatoms. The maximum Gasteiger partial charge on any atom is 0.251 e. The van der Waals surface area contributed by atoms with E-state index < -0.39 is 0 Å². The number of amides is 1. The van der Waals surface area contributed by atoms with Crippen LogP contribution in [-0.2, 0) is 11.3 Å². The molecule has 1 unspecified atom stereocenters. The number of benzene rings is 1. The van der Waals surface area contributed by atoms with Crippen molar-refractivity contribution in [2.24, 2.45) is 0 Å². The van der Waals surface area contributed by atoms with Crippen molar-refractivity contribution in [1.82, 2.24) is 15.3 Å². The van der Waals surface area contributed by atoms with Crippen LogP contribution in [0.2, 0.25) is 0 Å². The van der Waals surface area contributed by atoms with Gasteiger partial charge in [0.2, 0.25) is 0 Å². The van der Waals surface area contributed by atoms with Crippen LogP contribution < -0.4 is 5.32 Å². The number of hydrogen-bond acceptors (Lipinski definition) is 3. The topological polar surface area (TPSA) is 67.0 Å². The van der Waals surface area contributed by atoms with E-state index in [0.29, 0.717) is 12.2 Å². The van der Waals surface area contributed by atoms with Gasteiger partial charge in [0, 0.05) is 25.1 Å². The number of aromatic nitrogens is 2. The fourth-order valence-corrected chi connectivity index (χ4v) is 1.83. The fourth-order valence-electron chi connectivity index (χ4n) is 1.83.